The van der Waals surface area contributed by atoms with E-state index in [1.54, 1.807) is 0 Å². The molecule has 1 aliphatic carbocycles. The van der Waals surface area contributed by atoms with Crippen LogP contribution in [-0.4, -0.2) is 29.1 Å². The number of nitriles is 1. The molecule has 5 nitrogen and oxygen atoms in total. The normalized spacial score (nSPS) is 18.4. The first-order chi connectivity index (χ1) is 9.19. The van der Waals surface area contributed by atoms with E-state index in [4.69, 9.17) is 5.11 Å². The molecule has 0 bridgehead atoms. The zero-order valence-corrected chi connectivity index (χ0v) is 10.6. The van der Waals surface area contributed by atoms with Crippen molar-refractivity contribution in [2.24, 2.45) is 5.92 Å². The lowest BCUT2D eigenvalue weighted by atomic mass is 9.94. The highest BCUT2D eigenvalue weighted by Crippen LogP contribution is 2.30. The molecule has 3 rings (SSSR count). The van der Waals surface area contributed by atoms with Crippen molar-refractivity contribution in [3.63, 3.8) is 0 Å². The van der Waals surface area contributed by atoms with Gasteiger partial charge in [0.15, 0.2) is 0 Å². The van der Waals surface area contributed by atoms with E-state index in [9.17, 15) is 10.1 Å². The number of pyridine rings is 1. The number of hydrogen-bond donors (Lipinski definition) is 1. The molecular formula is C14H15N3O2. The summed E-state index contributed by atoms with van der Waals surface area (Å²) in [4.78, 5) is 17.3. The van der Waals surface area contributed by atoms with Crippen LogP contribution in [-0.2, 0) is 17.6 Å². The fourth-order valence-corrected chi connectivity index (χ4v) is 2.75. The molecule has 0 amide bonds. The topological polar surface area (TPSA) is 77.2 Å². The second-order valence-electron chi connectivity index (χ2n) is 5.22. The molecule has 0 atom stereocenters. The Kier molecular flexibility index (Phi) is 2.86. The van der Waals surface area contributed by atoms with Gasteiger partial charge in [-0.15, -0.1) is 0 Å². The van der Waals surface area contributed by atoms with Gasteiger partial charge in [0.2, 0.25) is 0 Å². The molecule has 0 unspecified atom stereocenters. The van der Waals surface area contributed by atoms with E-state index in [1.807, 2.05) is 11.0 Å². The Morgan fingerprint density at radius 3 is 2.84 bits per heavy atom. The predicted molar refractivity (Wildman–Crippen MR) is 68.9 cm³/mol. The maximum atomic E-state index is 10.8. The number of rotatable bonds is 2. The lowest BCUT2D eigenvalue weighted by molar-refractivity contribution is -0.142. The fraction of sp³-hybridized carbons (Fsp3) is 0.500. The average Bonchev–Trinajstić information content (AvgIpc) is 2.35. The summed E-state index contributed by atoms with van der Waals surface area (Å²) in [5.41, 5.74) is 2.84. The standard InChI is InChI=1S/C14H15N3O2/c15-6-10-5-9-3-1-2-4-12(9)16-13(10)17-7-11(8-17)14(18)19/h5,11H,1-4,7-8H2,(H,18,19). The average molecular weight is 257 g/mol. The Morgan fingerprint density at radius 1 is 1.42 bits per heavy atom. The number of aryl methyl sites for hydroxylation is 2. The van der Waals surface area contributed by atoms with Gasteiger partial charge in [0.1, 0.15) is 11.9 Å². The summed E-state index contributed by atoms with van der Waals surface area (Å²) in [6.07, 6.45) is 4.26. The van der Waals surface area contributed by atoms with Gasteiger partial charge in [0, 0.05) is 18.8 Å². The maximum absolute atomic E-state index is 10.8. The summed E-state index contributed by atoms with van der Waals surface area (Å²) in [6.45, 7) is 0.908. The van der Waals surface area contributed by atoms with Crippen LogP contribution in [0, 0.1) is 17.2 Å². The molecule has 1 fully saturated rings. The second kappa shape index (κ2) is 4.54. The van der Waals surface area contributed by atoms with Crippen LogP contribution in [0.2, 0.25) is 0 Å². The van der Waals surface area contributed by atoms with Gasteiger partial charge < -0.3 is 10.0 Å². The molecule has 2 aliphatic rings. The number of carboxylic acids is 1. The minimum absolute atomic E-state index is 0.329. The Labute approximate surface area is 111 Å². The second-order valence-corrected chi connectivity index (χ2v) is 5.22. The Bertz CT molecular complexity index is 571. The minimum Gasteiger partial charge on any atom is -0.481 e. The summed E-state index contributed by atoms with van der Waals surface area (Å²) >= 11 is 0. The van der Waals surface area contributed by atoms with E-state index in [0.717, 1.165) is 31.4 Å². The molecule has 0 radical (unpaired) electrons. The van der Waals surface area contributed by atoms with Crippen LogP contribution in [0.25, 0.3) is 0 Å². The minimum atomic E-state index is -0.771. The van der Waals surface area contributed by atoms with Crippen molar-refractivity contribution in [3.8, 4) is 6.07 Å². The lowest BCUT2D eigenvalue weighted by Crippen LogP contribution is -2.51. The van der Waals surface area contributed by atoms with Crippen LogP contribution >= 0.6 is 0 Å². The van der Waals surface area contributed by atoms with Gasteiger partial charge in [-0.1, -0.05) is 0 Å². The predicted octanol–water partition coefficient (Wildman–Crippen LogP) is 1.35. The molecule has 1 aromatic heterocycles. The Hall–Kier alpha value is -2.09. The molecule has 5 heteroatoms. The number of aliphatic carboxylic acids is 1. The van der Waals surface area contributed by atoms with Gasteiger partial charge in [-0.05, 0) is 37.3 Å². The van der Waals surface area contributed by atoms with E-state index < -0.39 is 5.97 Å². The van der Waals surface area contributed by atoms with Crippen LogP contribution in [0.3, 0.4) is 0 Å². The first-order valence-corrected chi connectivity index (χ1v) is 6.59. The maximum Gasteiger partial charge on any atom is 0.310 e. The van der Waals surface area contributed by atoms with E-state index in [2.05, 4.69) is 11.1 Å². The number of carbonyl (C=O) groups is 1. The third-order valence-corrected chi connectivity index (χ3v) is 3.93. The Balaban J connectivity index is 1.89. The van der Waals surface area contributed by atoms with E-state index in [-0.39, 0.29) is 5.92 Å². The molecule has 98 valence electrons. The molecule has 1 N–H and O–H groups in total. The summed E-state index contributed by atoms with van der Waals surface area (Å²) in [5.74, 6) is -0.433. The van der Waals surface area contributed by atoms with Crippen molar-refractivity contribution < 1.29 is 9.90 Å². The SMILES string of the molecule is N#Cc1cc2c(nc1N1CC(C(=O)O)C1)CCCC2. The van der Waals surface area contributed by atoms with Gasteiger partial charge >= 0.3 is 5.97 Å². The number of carboxylic acid groups (broad SMARTS) is 1. The van der Waals surface area contributed by atoms with Crippen LogP contribution in [0.1, 0.15) is 29.7 Å². The number of nitrogens with zero attached hydrogens (tertiary/aromatic N) is 3. The number of aromatic nitrogens is 1. The van der Waals surface area contributed by atoms with Gasteiger partial charge in [-0.25, -0.2) is 4.98 Å². The molecular weight excluding hydrogens is 242 g/mol. The van der Waals surface area contributed by atoms with Crippen molar-refractivity contribution in [2.45, 2.75) is 25.7 Å². The summed E-state index contributed by atoms with van der Waals surface area (Å²) in [5, 5.41) is 18.1. The highest BCUT2D eigenvalue weighted by molar-refractivity contribution is 5.75. The molecule has 2 heterocycles. The molecule has 0 aromatic carbocycles. The Morgan fingerprint density at radius 2 is 2.16 bits per heavy atom. The monoisotopic (exact) mass is 257 g/mol. The van der Waals surface area contributed by atoms with Gasteiger partial charge in [0.05, 0.1) is 11.5 Å². The van der Waals surface area contributed by atoms with Crippen LogP contribution in [0.15, 0.2) is 6.07 Å². The third kappa shape index (κ3) is 2.03. The lowest BCUT2D eigenvalue weighted by Gasteiger charge is -2.38. The summed E-state index contributed by atoms with van der Waals surface area (Å²) in [7, 11) is 0. The van der Waals surface area contributed by atoms with Crippen LogP contribution in [0.5, 0.6) is 0 Å². The molecule has 0 spiro atoms. The smallest absolute Gasteiger partial charge is 0.310 e. The van der Waals surface area contributed by atoms with E-state index >= 15 is 0 Å². The zero-order chi connectivity index (χ0) is 13.4. The van der Waals surface area contributed by atoms with Crippen molar-refractivity contribution in [2.75, 3.05) is 18.0 Å². The van der Waals surface area contributed by atoms with Crippen LogP contribution < -0.4 is 4.90 Å². The number of anilines is 1. The molecule has 1 aliphatic heterocycles. The first-order valence-electron chi connectivity index (χ1n) is 6.59. The molecule has 1 aromatic rings. The van der Waals surface area contributed by atoms with Gasteiger partial charge in [0.25, 0.3) is 0 Å². The number of fused-ring (bicyclic) bond motifs is 1. The van der Waals surface area contributed by atoms with Crippen molar-refractivity contribution in [3.05, 3.63) is 22.9 Å². The highest BCUT2D eigenvalue weighted by Gasteiger charge is 2.35. The molecule has 19 heavy (non-hydrogen) atoms. The zero-order valence-electron chi connectivity index (χ0n) is 10.6. The van der Waals surface area contributed by atoms with Gasteiger partial charge in [-0.3, -0.25) is 4.79 Å². The quantitative estimate of drug-likeness (QED) is 0.865. The van der Waals surface area contributed by atoms with Crippen molar-refractivity contribution in [1.82, 2.24) is 4.98 Å². The third-order valence-electron chi connectivity index (χ3n) is 3.93. The van der Waals surface area contributed by atoms with Crippen LogP contribution in [0.4, 0.5) is 5.82 Å². The van der Waals surface area contributed by atoms with E-state index in [1.165, 1.54) is 5.56 Å². The van der Waals surface area contributed by atoms with Crippen molar-refractivity contribution in [1.29, 1.82) is 5.26 Å². The van der Waals surface area contributed by atoms with Crippen molar-refractivity contribution >= 4 is 11.8 Å². The first kappa shape index (κ1) is 12.0. The number of hydrogen-bond acceptors (Lipinski definition) is 4. The largest absolute Gasteiger partial charge is 0.481 e. The summed E-state index contributed by atoms with van der Waals surface area (Å²) in [6, 6.07) is 4.12. The van der Waals surface area contributed by atoms with E-state index in [0.29, 0.717) is 24.5 Å². The summed E-state index contributed by atoms with van der Waals surface area (Å²) < 4.78 is 0. The molecule has 1 saturated heterocycles. The fourth-order valence-electron chi connectivity index (χ4n) is 2.75. The highest BCUT2D eigenvalue weighted by atomic mass is 16.4. The van der Waals surface area contributed by atoms with Gasteiger partial charge in [-0.2, -0.15) is 5.26 Å². The molecule has 0 saturated carbocycles.